The van der Waals surface area contributed by atoms with E-state index in [2.05, 4.69) is 35.2 Å². The second-order valence-corrected chi connectivity index (χ2v) is 7.60. The predicted molar refractivity (Wildman–Crippen MR) is 99.5 cm³/mol. The highest BCUT2D eigenvalue weighted by Gasteiger charge is 2.40. The van der Waals surface area contributed by atoms with E-state index >= 15 is 0 Å². The van der Waals surface area contributed by atoms with Gasteiger partial charge in [0.05, 0.1) is 11.6 Å². The van der Waals surface area contributed by atoms with Crippen LogP contribution in [0.3, 0.4) is 0 Å². The molecule has 0 radical (unpaired) electrons. The lowest BCUT2D eigenvalue weighted by atomic mass is 9.86. The summed E-state index contributed by atoms with van der Waals surface area (Å²) in [4.78, 5) is 16.7. The summed E-state index contributed by atoms with van der Waals surface area (Å²) in [5.74, 6) is 0.212. The van der Waals surface area contributed by atoms with Crippen molar-refractivity contribution in [1.29, 1.82) is 0 Å². The standard InChI is InChI=1S/C21H23NOS/c1-24-20-12-5-4-10-18(20)21(23)22(16-13-14-16)19-11-6-8-15-7-2-3-9-17(15)19/h2-5,7,9-10,12,16,19H,6,8,11,13-14H2,1H3. The molecule has 1 fully saturated rings. The Hall–Kier alpha value is -1.74. The number of benzene rings is 2. The Kier molecular flexibility index (Phi) is 4.36. The zero-order chi connectivity index (χ0) is 16.5. The predicted octanol–water partition coefficient (Wildman–Crippen LogP) is 5.09. The summed E-state index contributed by atoms with van der Waals surface area (Å²) < 4.78 is 0. The molecule has 24 heavy (non-hydrogen) atoms. The molecule has 2 aromatic rings. The first-order valence-electron chi connectivity index (χ1n) is 8.83. The molecule has 0 aromatic heterocycles. The van der Waals surface area contributed by atoms with Gasteiger partial charge in [0.15, 0.2) is 0 Å². The lowest BCUT2D eigenvalue weighted by Crippen LogP contribution is -2.38. The maximum atomic E-state index is 13.4. The Labute approximate surface area is 148 Å². The smallest absolute Gasteiger partial charge is 0.255 e. The van der Waals surface area contributed by atoms with Crippen LogP contribution in [0.15, 0.2) is 53.4 Å². The van der Waals surface area contributed by atoms with Crippen LogP contribution in [0, 0.1) is 0 Å². The van der Waals surface area contributed by atoms with E-state index in [9.17, 15) is 4.79 Å². The van der Waals surface area contributed by atoms with Crippen LogP contribution >= 0.6 is 11.8 Å². The molecule has 2 aliphatic rings. The van der Waals surface area contributed by atoms with Crippen LogP contribution in [0.1, 0.15) is 53.2 Å². The van der Waals surface area contributed by atoms with E-state index < -0.39 is 0 Å². The minimum atomic E-state index is 0.212. The average Bonchev–Trinajstić information content (AvgIpc) is 3.47. The SMILES string of the molecule is CSc1ccccc1C(=O)N(C1CC1)C1CCCc2ccccc21. The third kappa shape index (κ3) is 2.86. The van der Waals surface area contributed by atoms with Crippen LogP contribution in [0.25, 0.3) is 0 Å². The van der Waals surface area contributed by atoms with E-state index in [4.69, 9.17) is 0 Å². The molecule has 1 saturated carbocycles. The number of rotatable bonds is 4. The highest BCUT2D eigenvalue weighted by Crippen LogP contribution is 2.42. The van der Waals surface area contributed by atoms with Crippen molar-refractivity contribution in [2.75, 3.05) is 6.26 Å². The number of carbonyl (C=O) groups is 1. The summed E-state index contributed by atoms with van der Waals surface area (Å²) >= 11 is 1.66. The van der Waals surface area contributed by atoms with Gasteiger partial charge < -0.3 is 4.90 Å². The Morgan fingerprint density at radius 3 is 2.58 bits per heavy atom. The highest BCUT2D eigenvalue weighted by atomic mass is 32.2. The molecule has 0 N–H and O–H groups in total. The van der Waals surface area contributed by atoms with Crippen molar-refractivity contribution in [3.63, 3.8) is 0 Å². The number of fused-ring (bicyclic) bond motifs is 1. The summed E-state index contributed by atoms with van der Waals surface area (Å²) in [6.07, 6.45) is 7.73. The lowest BCUT2D eigenvalue weighted by Gasteiger charge is -2.36. The number of thioether (sulfide) groups is 1. The minimum Gasteiger partial charge on any atom is -0.329 e. The van der Waals surface area contributed by atoms with Gasteiger partial charge in [0.2, 0.25) is 0 Å². The molecule has 0 bridgehead atoms. The number of aryl methyl sites for hydroxylation is 1. The number of hydrogen-bond donors (Lipinski definition) is 0. The molecular weight excluding hydrogens is 314 g/mol. The quantitative estimate of drug-likeness (QED) is 0.724. The normalized spacial score (nSPS) is 19.6. The van der Waals surface area contributed by atoms with Gasteiger partial charge in [-0.3, -0.25) is 4.79 Å². The zero-order valence-electron chi connectivity index (χ0n) is 14.1. The van der Waals surface area contributed by atoms with Crippen molar-refractivity contribution < 1.29 is 4.79 Å². The first-order valence-corrected chi connectivity index (χ1v) is 10.1. The van der Waals surface area contributed by atoms with Crippen molar-refractivity contribution in [1.82, 2.24) is 4.90 Å². The number of carbonyl (C=O) groups excluding carboxylic acids is 1. The molecule has 0 heterocycles. The van der Waals surface area contributed by atoms with Crippen LogP contribution in [0.4, 0.5) is 0 Å². The molecule has 2 nitrogen and oxygen atoms in total. The molecule has 0 aliphatic heterocycles. The molecule has 3 heteroatoms. The fraction of sp³-hybridized carbons (Fsp3) is 0.381. The summed E-state index contributed by atoms with van der Waals surface area (Å²) in [5, 5.41) is 0. The van der Waals surface area contributed by atoms with Crippen LogP contribution in [-0.4, -0.2) is 23.1 Å². The Bertz CT molecular complexity index is 753. The fourth-order valence-electron chi connectivity index (χ4n) is 3.89. The van der Waals surface area contributed by atoms with E-state index in [0.717, 1.165) is 36.1 Å². The Morgan fingerprint density at radius 2 is 1.79 bits per heavy atom. The monoisotopic (exact) mass is 337 g/mol. The van der Waals surface area contributed by atoms with Gasteiger partial charge in [0, 0.05) is 10.9 Å². The third-order valence-electron chi connectivity index (χ3n) is 5.19. The highest BCUT2D eigenvalue weighted by molar-refractivity contribution is 7.98. The summed E-state index contributed by atoms with van der Waals surface area (Å²) in [6, 6.07) is 17.4. The van der Waals surface area contributed by atoms with Gasteiger partial charge >= 0.3 is 0 Å². The molecule has 1 amide bonds. The van der Waals surface area contributed by atoms with Crippen molar-refractivity contribution in [3.05, 3.63) is 65.2 Å². The molecule has 124 valence electrons. The molecule has 1 unspecified atom stereocenters. The van der Waals surface area contributed by atoms with Crippen molar-refractivity contribution in [3.8, 4) is 0 Å². The van der Waals surface area contributed by atoms with Gasteiger partial charge in [-0.15, -0.1) is 11.8 Å². The van der Waals surface area contributed by atoms with E-state index in [0.29, 0.717) is 6.04 Å². The summed E-state index contributed by atoms with van der Waals surface area (Å²) in [5.41, 5.74) is 3.65. The molecule has 1 atom stereocenters. The maximum absolute atomic E-state index is 13.4. The van der Waals surface area contributed by atoms with Crippen molar-refractivity contribution in [2.45, 2.75) is 49.1 Å². The zero-order valence-corrected chi connectivity index (χ0v) is 14.9. The van der Waals surface area contributed by atoms with Crippen LogP contribution in [0.5, 0.6) is 0 Å². The maximum Gasteiger partial charge on any atom is 0.255 e. The molecule has 2 aromatic carbocycles. The van der Waals surface area contributed by atoms with Crippen LogP contribution in [0.2, 0.25) is 0 Å². The molecule has 2 aliphatic carbocycles. The average molecular weight is 337 g/mol. The summed E-state index contributed by atoms with van der Waals surface area (Å²) in [6.45, 7) is 0. The Balaban J connectivity index is 1.72. The minimum absolute atomic E-state index is 0.212. The third-order valence-corrected chi connectivity index (χ3v) is 5.98. The van der Waals surface area contributed by atoms with E-state index in [1.165, 1.54) is 17.5 Å². The van der Waals surface area contributed by atoms with Gasteiger partial charge in [-0.05, 0) is 61.6 Å². The van der Waals surface area contributed by atoms with Gasteiger partial charge in [0.25, 0.3) is 5.91 Å². The molecule has 0 spiro atoms. The molecule has 4 rings (SSSR count). The number of nitrogens with zero attached hydrogens (tertiary/aromatic N) is 1. The lowest BCUT2D eigenvalue weighted by molar-refractivity contribution is 0.0634. The van der Waals surface area contributed by atoms with Crippen LogP contribution < -0.4 is 0 Å². The number of hydrogen-bond acceptors (Lipinski definition) is 2. The fourth-order valence-corrected chi connectivity index (χ4v) is 4.48. The number of amides is 1. The van der Waals surface area contributed by atoms with Crippen LogP contribution in [-0.2, 0) is 6.42 Å². The van der Waals surface area contributed by atoms with Gasteiger partial charge in [0.1, 0.15) is 0 Å². The van der Waals surface area contributed by atoms with Gasteiger partial charge in [-0.1, -0.05) is 36.4 Å². The largest absolute Gasteiger partial charge is 0.329 e. The first kappa shape index (κ1) is 15.8. The second-order valence-electron chi connectivity index (χ2n) is 6.75. The summed E-state index contributed by atoms with van der Waals surface area (Å²) in [7, 11) is 0. The Morgan fingerprint density at radius 1 is 1.04 bits per heavy atom. The second kappa shape index (κ2) is 6.64. The van der Waals surface area contributed by atoms with E-state index in [-0.39, 0.29) is 11.9 Å². The van der Waals surface area contributed by atoms with Crippen molar-refractivity contribution >= 4 is 17.7 Å². The van der Waals surface area contributed by atoms with Gasteiger partial charge in [-0.2, -0.15) is 0 Å². The van der Waals surface area contributed by atoms with Gasteiger partial charge in [-0.25, -0.2) is 0 Å². The van der Waals surface area contributed by atoms with E-state index in [1.807, 2.05) is 24.5 Å². The first-order chi connectivity index (χ1) is 11.8. The molecular formula is C21H23NOS. The van der Waals surface area contributed by atoms with Crippen molar-refractivity contribution in [2.24, 2.45) is 0 Å². The van der Waals surface area contributed by atoms with E-state index in [1.54, 1.807) is 11.8 Å². The topological polar surface area (TPSA) is 20.3 Å². The molecule has 0 saturated heterocycles.